The number of rotatable bonds is 6. The van der Waals surface area contributed by atoms with Gasteiger partial charge in [0.05, 0.1) is 22.9 Å². The van der Waals surface area contributed by atoms with Gasteiger partial charge in [-0.25, -0.2) is 0 Å². The smallest absolute Gasteiger partial charge is 0.266 e. The lowest BCUT2D eigenvalue weighted by molar-refractivity contribution is -0.123. The van der Waals surface area contributed by atoms with E-state index >= 15 is 0 Å². The minimum atomic E-state index is -0.0827. The van der Waals surface area contributed by atoms with Gasteiger partial charge in [-0.1, -0.05) is 133 Å². The van der Waals surface area contributed by atoms with Gasteiger partial charge >= 0.3 is 0 Å². The average molecular weight is 545 g/mol. The van der Waals surface area contributed by atoms with Crippen LogP contribution in [0.15, 0.2) is 94.7 Å². The molecule has 0 saturated carbocycles. The molecule has 0 radical (unpaired) electrons. The Hall–Kier alpha value is -3.04. The fourth-order valence-electron chi connectivity index (χ4n) is 3.79. The highest BCUT2D eigenvalue weighted by atomic mass is 32.2. The van der Waals surface area contributed by atoms with Crippen molar-refractivity contribution in [3.05, 3.63) is 117 Å². The molecule has 2 heterocycles. The van der Waals surface area contributed by atoms with Crippen molar-refractivity contribution in [3.8, 4) is 0 Å². The Kier molecular flexibility index (Phi) is 7.48. The minimum Gasteiger partial charge on any atom is -0.288 e. The van der Waals surface area contributed by atoms with E-state index in [1.165, 1.54) is 23.5 Å². The minimum absolute atomic E-state index is 0.0827. The van der Waals surface area contributed by atoms with E-state index in [2.05, 4.69) is 0 Å². The maximum atomic E-state index is 12.9. The van der Waals surface area contributed by atoms with E-state index in [9.17, 15) is 9.59 Å². The average Bonchev–Trinajstić information content (AvgIpc) is 3.30. The molecule has 2 amide bonds. The second kappa shape index (κ2) is 10.9. The van der Waals surface area contributed by atoms with E-state index in [4.69, 9.17) is 24.4 Å². The predicted molar refractivity (Wildman–Crippen MR) is 157 cm³/mol. The lowest BCUT2D eigenvalue weighted by Gasteiger charge is -2.17. The molecule has 2 saturated heterocycles. The Morgan fingerprint density at radius 3 is 1.31 bits per heavy atom. The quantitative estimate of drug-likeness (QED) is 0.261. The van der Waals surface area contributed by atoms with Crippen LogP contribution in [0.1, 0.15) is 22.3 Å². The molecule has 0 aromatic heterocycles. The number of thiocarbonyl (C=S) groups is 2. The molecule has 3 aromatic rings. The van der Waals surface area contributed by atoms with E-state index in [-0.39, 0.29) is 11.8 Å². The highest BCUT2D eigenvalue weighted by Crippen LogP contribution is 2.35. The molecule has 2 aliphatic rings. The molecule has 3 aromatic carbocycles. The maximum absolute atomic E-state index is 12.9. The zero-order chi connectivity index (χ0) is 25.1. The summed E-state index contributed by atoms with van der Waals surface area (Å²) in [7, 11) is 0. The Labute approximate surface area is 229 Å². The fourth-order valence-corrected chi connectivity index (χ4v) is 6.30. The molecular weight excluding hydrogens is 525 g/mol. The van der Waals surface area contributed by atoms with Crippen molar-refractivity contribution in [2.45, 2.75) is 13.1 Å². The number of thioether (sulfide) groups is 2. The molecule has 0 N–H and O–H groups in total. The number of carbonyl (C=O) groups is 2. The Morgan fingerprint density at radius 2 is 0.944 bits per heavy atom. The molecule has 5 rings (SSSR count). The zero-order valence-electron chi connectivity index (χ0n) is 19.0. The van der Waals surface area contributed by atoms with E-state index in [0.29, 0.717) is 31.5 Å². The van der Waals surface area contributed by atoms with Crippen LogP contribution in [0.4, 0.5) is 0 Å². The topological polar surface area (TPSA) is 40.6 Å². The molecule has 0 bridgehead atoms. The van der Waals surface area contributed by atoms with Crippen LogP contribution in [0, 0.1) is 0 Å². The Bertz CT molecular complexity index is 1290. The number of nitrogens with zero attached hydrogens (tertiary/aromatic N) is 2. The third-order valence-electron chi connectivity index (χ3n) is 5.65. The van der Waals surface area contributed by atoms with Gasteiger partial charge in [0.25, 0.3) is 11.8 Å². The third-order valence-corrected chi connectivity index (χ3v) is 8.40. The van der Waals surface area contributed by atoms with Gasteiger partial charge in [0.2, 0.25) is 0 Å². The summed E-state index contributed by atoms with van der Waals surface area (Å²) in [6, 6.07) is 27.3. The normalized spacial score (nSPS) is 18.2. The first-order valence-electron chi connectivity index (χ1n) is 11.2. The third kappa shape index (κ3) is 5.52. The van der Waals surface area contributed by atoms with Gasteiger partial charge in [-0.3, -0.25) is 19.4 Å². The highest BCUT2D eigenvalue weighted by Gasteiger charge is 2.33. The summed E-state index contributed by atoms with van der Waals surface area (Å²) >= 11 is 13.6. The molecule has 8 heteroatoms. The molecule has 0 aliphatic carbocycles. The number of amides is 2. The number of carbonyl (C=O) groups excluding carboxylic acids is 2. The monoisotopic (exact) mass is 544 g/mol. The standard InChI is InChI=1S/C28H20N2O2S4/c31-25-23(15-19-7-3-1-4-8-19)35-27(33)29(25)17-21-11-13-22(14-12-21)18-30-26(32)24(36-28(30)34)16-20-9-5-2-6-10-20/h1-16H,17-18H2/b23-15-,24-16-. The second-order valence-corrected chi connectivity index (χ2v) is 11.5. The summed E-state index contributed by atoms with van der Waals surface area (Å²) in [5.74, 6) is -0.165. The zero-order valence-corrected chi connectivity index (χ0v) is 22.3. The van der Waals surface area contributed by atoms with Gasteiger partial charge in [0.1, 0.15) is 8.64 Å². The summed E-state index contributed by atoms with van der Waals surface area (Å²) in [4.78, 5) is 30.4. The van der Waals surface area contributed by atoms with Gasteiger partial charge in [-0.2, -0.15) is 0 Å². The van der Waals surface area contributed by atoms with Gasteiger partial charge in [-0.05, 0) is 34.4 Å². The van der Waals surface area contributed by atoms with E-state index in [1.54, 1.807) is 9.80 Å². The first-order chi connectivity index (χ1) is 17.5. The summed E-state index contributed by atoms with van der Waals surface area (Å²) in [6.07, 6.45) is 3.74. The summed E-state index contributed by atoms with van der Waals surface area (Å²) < 4.78 is 1.10. The SMILES string of the molecule is O=C1/C(=C/c2ccccc2)SC(=S)N1Cc1ccc(CN2C(=O)/C(=C/c3ccccc3)SC2=S)cc1. The van der Waals surface area contributed by atoms with Gasteiger partial charge < -0.3 is 0 Å². The van der Waals surface area contributed by atoms with Crippen molar-refractivity contribution in [2.75, 3.05) is 0 Å². The lowest BCUT2D eigenvalue weighted by atomic mass is 10.1. The Morgan fingerprint density at radius 1 is 0.583 bits per heavy atom. The van der Waals surface area contributed by atoms with Crippen LogP contribution in [0.5, 0.6) is 0 Å². The Balaban J connectivity index is 1.24. The molecule has 4 nitrogen and oxygen atoms in total. The maximum Gasteiger partial charge on any atom is 0.266 e. The van der Waals surface area contributed by atoms with Crippen molar-refractivity contribution >= 4 is 80.6 Å². The first kappa shape index (κ1) is 24.6. The van der Waals surface area contributed by atoms with Crippen LogP contribution in [-0.4, -0.2) is 30.3 Å². The van der Waals surface area contributed by atoms with Crippen LogP contribution in [0.3, 0.4) is 0 Å². The predicted octanol–water partition coefficient (Wildman–Crippen LogP) is 6.49. The first-order valence-corrected chi connectivity index (χ1v) is 13.6. The van der Waals surface area contributed by atoms with Crippen LogP contribution < -0.4 is 0 Å². The van der Waals surface area contributed by atoms with Crippen LogP contribution >= 0.6 is 48.0 Å². The largest absolute Gasteiger partial charge is 0.288 e. The second-order valence-electron chi connectivity index (χ2n) is 8.17. The number of hydrogen-bond donors (Lipinski definition) is 0. The van der Waals surface area contributed by atoms with Crippen LogP contribution in [0.25, 0.3) is 12.2 Å². The van der Waals surface area contributed by atoms with E-state index in [0.717, 1.165) is 22.3 Å². The van der Waals surface area contributed by atoms with Crippen molar-refractivity contribution in [2.24, 2.45) is 0 Å². The lowest BCUT2D eigenvalue weighted by Crippen LogP contribution is -2.28. The molecule has 0 atom stereocenters. The van der Waals surface area contributed by atoms with E-state index in [1.807, 2.05) is 97.1 Å². The fraction of sp³-hybridized carbons (Fsp3) is 0.0714. The molecule has 2 aliphatic heterocycles. The molecule has 0 unspecified atom stereocenters. The molecule has 2 fully saturated rings. The van der Waals surface area contributed by atoms with Gasteiger partial charge in [0.15, 0.2) is 0 Å². The van der Waals surface area contributed by atoms with E-state index < -0.39 is 0 Å². The number of benzene rings is 3. The molecule has 36 heavy (non-hydrogen) atoms. The summed E-state index contributed by atoms with van der Waals surface area (Å²) in [5, 5.41) is 0. The molecule has 178 valence electrons. The van der Waals surface area contributed by atoms with Crippen LogP contribution in [-0.2, 0) is 22.7 Å². The highest BCUT2D eigenvalue weighted by molar-refractivity contribution is 8.27. The van der Waals surface area contributed by atoms with Gasteiger partial charge in [-0.15, -0.1) is 0 Å². The summed E-state index contributed by atoms with van der Waals surface area (Å²) in [5.41, 5.74) is 3.86. The number of hydrogen-bond acceptors (Lipinski definition) is 6. The van der Waals surface area contributed by atoms with Crippen molar-refractivity contribution in [1.82, 2.24) is 9.80 Å². The summed E-state index contributed by atoms with van der Waals surface area (Å²) in [6.45, 7) is 0.801. The van der Waals surface area contributed by atoms with Crippen molar-refractivity contribution < 1.29 is 9.59 Å². The van der Waals surface area contributed by atoms with Crippen molar-refractivity contribution in [3.63, 3.8) is 0 Å². The molecular formula is C28H20N2O2S4. The molecule has 0 spiro atoms. The van der Waals surface area contributed by atoms with Gasteiger partial charge in [0, 0.05) is 0 Å². The van der Waals surface area contributed by atoms with Crippen molar-refractivity contribution in [1.29, 1.82) is 0 Å². The van der Waals surface area contributed by atoms with Crippen LogP contribution in [0.2, 0.25) is 0 Å².